The van der Waals surface area contributed by atoms with Crippen molar-refractivity contribution >= 4 is 0 Å². The molecule has 1 N–H and O–H groups in total. The topological polar surface area (TPSA) is 21.3 Å². The monoisotopic (exact) mass is 253 g/mol. The number of nitrogens with one attached hydrogen (secondary N) is 1. The number of ether oxygens (including phenoxy) is 1. The van der Waals surface area contributed by atoms with Crippen molar-refractivity contribution in [1.82, 2.24) is 5.32 Å². The van der Waals surface area contributed by atoms with Crippen molar-refractivity contribution in [3.8, 4) is 0 Å². The first-order chi connectivity index (χ1) is 8.72. The van der Waals surface area contributed by atoms with Gasteiger partial charge in [-0.25, -0.2) is 0 Å². The Morgan fingerprint density at radius 1 is 1.11 bits per heavy atom. The van der Waals surface area contributed by atoms with Gasteiger partial charge in [-0.1, -0.05) is 27.2 Å². The Kier molecular flexibility index (Phi) is 5.50. The van der Waals surface area contributed by atoms with Crippen molar-refractivity contribution in [3.05, 3.63) is 0 Å². The average Bonchev–Trinajstić information content (AvgIpc) is 2.40. The van der Waals surface area contributed by atoms with Crippen LogP contribution < -0.4 is 5.32 Å². The van der Waals surface area contributed by atoms with Gasteiger partial charge in [0.25, 0.3) is 0 Å². The van der Waals surface area contributed by atoms with Crippen LogP contribution in [0.1, 0.15) is 52.9 Å². The van der Waals surface area contributed by atoms with Gasteiger partial charge in [0.05, 0.1) is 6.61 Å². The molecule has 0 radical (unpaired) electrons. The minimum Gasteiger partial charge on any atom is -0.381 e. The van der Waals surface area contributed by atoms with Gasteiger partial charge in [0.1, 0.15) is 0 Å². The second-order valence-electron chi connectivity index (χ2n) is 6.59. The molecule has 0 spiro atoms. The fraction of sp³-hybridized carbons (Fsp3) is 1.00. The highest BCUT2D eigenvalue weighted by molar-refractivity contribution is 4.88. The van der Waals surface area contributed by atoms with Gasteiger partial charge in [-0.2, -0.15) is 0 Å². The van der Waals surface area contributed by atoms with Crippen LogP contribution in [0.25, 0.3) is 0 Å². The molecule has 2 nitrogen and oxygen atoms in total. The van der Waals surface area contributed by atoms with E-state index in [9.17, 15) is 0 Å². The van der Waals surface area contributed by atoms with Gasteiger partial charge in [-0.3, -0.25) is 0 Å². The zero-order valence-corrected chi connectivity index (χ0v) is 12.5. The summed E-state index contributed by atoms with van der Waals surface area (Å²) in [7, 11) is 0. The fourth-order valence-corrected chi connectivity index (χ4v) is 3.92. The molecule has 0 aromatic carbocycles. The third-order valence-corrected chi connectivity index (χ3v) is 5.29. The highest BCUT2D eigenvalue weighted by Gasteiger charge is 2.34. The molecule has 1 saturated heterocycles. The smallest absolute Gasteiger partial charge is 0.0509 e. The molecule has 0 aromatic rings. The van der Waals surface area contributed by atoms with Crippen molar-refractivity contribution in [3.63, 3.8) is 0 Å². The second-order valence-corrected chi connectivity index (χ2v) is 6.59. The third kappa shape index (κ3) is 3.48. The summed E-state index contributed by atoms with van der Waals surface area (Å²) in [5, 5.41) is 3.78. The van der Waals surface area contributed by atoms with Crippen LogP contribution in [0, 0.1) is 23.7 Å². The van der Waals surface area contributed by atoms with E-state index in [4.69, 9.17) is 4.74 Å². The minimum absolute atomic E-state index is 0.699. The van der Waals surface area contributed by atoms with Crippen LogP contribution in [0.15, 0.2) is 0 Å². The molecule has 2 heteroatoms. The second kappa shape index (κ2) is 6.91. The first kappa shape index (κ1) is 14.3. The molecule has 106 valence electrons. The van der Waals surface area contributed by atoms with Gasteiger partial charge in [-0.05, 0) is 55.9 Å². The molecule has 1 heterocycles. The maximum absolute atomic E-state index is 5.71. The zero-order chi connectivity index (χ0) is 13.0. The number of rotatable bonds is 4. The van der Waals surface area contributed by atoms with Gasteiger partial charge in [0.2, 0.25) is 0 Å². The largest absolute Gasteiger partial charge is 0.381 e. The van der Waals surface area contributed by atoms with E-state index in [1.165, 1.54) is 32.1 Å². The van der Waals surface area contributed by atoms with Gasteiger partial charge >= 0.3 is 0 Å². The van der Waals surface area contributed by atoms with E-state index >= 15 is 0 Å². The number of hydrogen-bond acceptors (Lipinski definition) is 2. The van der Waals surface area contributed by atoms with E-state index < -0.39 is 0 Å². The molecule has 2 fully saturated rings. The standard InChI is InChI=1S/C16H31NO/c1-4-17-16(15-6-5-9-18-11-15)14-8-7-12(2)13(3)10-14/h12-17H,4-11H2,1-3H3. The van der Waals surface area contributed by atoms with Crippen LogP contribution in [0.5, 0.6) is 0 Å². The quantitative estimate of drug-likeness (QED) is 0.828. The molecule has 0 aromatic heterocycles. The summed E-state index contributed by atoms with van der Waals surface area (Å²) in [6, 6.07) is 0.699. The van der Waals surface area contributed by atoms with E-state index in [0.29, 0.717) is 6.04 Å². The maximum Gasteiger partial charge on any atom is 0.0509 e. The molecule has 2 aliphatic rings. The lowest BCUT2D eigenvalue weighted by atomic mass is 9.70. The van der Waals surface area contributed by atoms with Crippen molar-refractivity contribution in [2.24, 2.45) is 23.7 Å². The van der Waals surface area contributed by atoms with E-state index in [2.05, 4.69) is 26.1 Å². The lowest BCUT2D eigenvalue weighted by Crippen LogP contribution is -2.47. The molecule has 1 saturated carbocycles. The van der Waals surface area contributed by atoms with Crippen LogP contribution in [-0.2, 0) is 4.74 Å². The Morgan fingerprint density at radius 3 is 2.56 bits per heavy atom. The summed E-state index contributed by atoms with van der Waals surface area (Å²) in [5.41, 5.74) is 0. The van der Waals surface area contributed by atoms with Crippen LogP contribution >= 0.6 is 0 Å². The molecule has 5 atom stereocenters. The molecular formula is C16H31NO. The predicted molar refractivity (Wildman–Crippen MR) is 76.7 cm³/mol. The van der Waals surface area contributed by atoms with Gasteiger partial charge in [0.15, 0.2) is 0 Å². The fourth-order valence-electron chi connectivity index (χ4n) is 3.92. The van der Waals surface area contributed by atoms with Crippen molar-refractivity contribution < 1.29 is 4.74 Å². The molecule has 1 aliphatic carbocycles. The normalized spacial score (nSPS) is 39.5. The summed E-state index contributed by atoms with van der Waals surface area (Å²) >= 11 is 0. The van der Waals surface area contributed by atoms with Gasteiger partial charge < -0.3 is 10.1 Å². The van der Waals surface area contributed by atoms with Crippen molar-refractivity contribution in [2.45, 2.75) is 58.9 Å². The lowest BCUT2D eigenvalue weighted by Gasteiger charge is -2.41. The minimum atomic E-state index is 0.699. The SMILES string of the molecule is CCNC(C1CCCOC1)C1CCC(C)C(C)C1. The van der Waals surface area contributed by atoms with E-state index in [1.807, 2.05) is 0 Å². The van der Waals surface area contributed by atoms with E-state index in [1.54, 1.807) is 0 Å². The Morgan fingerprint density at radius 2 is 1.94 bits per heavy atom. The van der Waals surface area contributed by atoms with Crippen molar-refractivity contribution in [2.75, 3.05) is 19.8 Å². The molecule has 2 rings (SSSR count). The van der Waals surface area contributed by atoms with Crippen LogP contribution in [-0.4, -0.2) is 25.8 Å². The number of hydrogen-bond donors (Lipinski definition) is 1. The molecule has 18 heavy (non-hydrogen) atoms. The Balaban J connectivity index is 1.95. The molecular weight excluding hydrogens is 222 g/mol. The van der Waals surface area contributed by atoms with E-state index in [0.717, 1.165) is 43.4 Å². The Hall–Kier alpha value is -0.0800. The molecule has 0 amide bonds. The van der Waals surface area contributed by atoms with Gasteiger partial charge in [0, 0.05) is 12.6 Å². The molecule has 1 aliphatic heterocycles. The average molecular weight is 253 g/mol. The summed E-state index contributed by atoms with van der Waals surface area (Å²) in [5.74, 6) is 3.45. The highest BCUT2D eigenvalue weighted by Crippen LogP contribution is 2.37. The summed E-state index contributed by atoms with van der Waals surface area (Å²) in [6.45, 7) is 10.2. The molecule has 5 unspecified atom stereocenters. The van der Waals surface area contributed by atoms with Crippen LogP contribution in [0.3, 0.4) is 0 Å². The third-order valence-electron chi connectivity index (χ3n) is 5.29. The molecule has 0 bridgehead atoms. The maximum atomic E-state index is 5.71. The lowest BCUT2D eigenvalue weighted by molar-refractivity contribution is 0.0191. The summed E-state index contributed by atoms with van der Waals surface area (Å²) in [6.07, 6.45) is 6.86. The van der Waals surface area contributed by atoms with Crippen molar-refractivity contribution in [1.29, 1.82) is 0 Å². The predicted octanol–water partition coefficient (Wildman–Crippen LogP) is 3.46. The first-order valence-corrected chi connectivity index (χ1v) is 8.03. The highest BCUT2D eigenvalue weighted by atomic mass is 16.5. The van der Waals surface area contributed by atoms with E-state index in [-0.39, 0.29) is 0 Å². The Labute approximate surface area is 113 Å². The Bertz CT molecular complexity index is 237. The van der Waals surface area contributed by atoms with Crippen LogP contribution in [0.2, 0.25) is 0 Å². The summed E-state index contributed by atoms with van der Waals surface area (Å²) < 4.78 is 5.71. The summed E-state index contributed by atoms with van der Waals surface area (Å²) in [4.78, 5) is 0. The zero-order valence-electron chi connectivity index (χ0n) is 12.5. The van der Waals surface area contributed by atoms with Gasteiger partial charge in [-0.15, -0.1) is 0 Å². The van der Waals surface area contributed by atoms with Crippen LogP contribution in [0.4, 0.5) is 0 Å². The first-order valence-electron chi connectivity index (χ1n) is 8.03.